The lowest BCUT2D eigenvalue weighted by atomic mass is 10.2. The van der Waals surface area contributed by atoms with Gasteiger partial charge in [-0.3, -0.25) is 0 Å². The van der Waals surface area contributed by atoms with Gasteiger partial charge >= 0.3 is 6.18 Å². The maximum atomic E-state index is 12.3. The summed E-state index contributed by atoms with van der Waals surface area (Å²) in [6.07, 6.45) is -5.14. The molecule has 3 N–H and O–H groups in total. The number of halogens is 3. The van der Waals surface area contributed by atoms with Crippen LogP contribution in [0.3, 0.4) is 0 Å². The van der Waals surface area contributed by atoms with Gasteiger partial charge in [0.05, 0.1) is 17.8 Å². The van der Waals surface area contributed by atoms with Gasteiger partial charge in [0.2, 0.25) is 0 Å². The molecule has 2 rings (SSSR count). The zero-order valence-corrected chi connectivity index (χ0v) is 10.4. The molecule has 0 radical (unpaired) electrons. The van der Waals surface area contributed by atoms with Gasteiger partial charge in [-0.15, -0.1) is 0 Å². The summed E-state index contributed by atoms with van der Waals surface area (Å²) in [4.78, 5) is 0. The summed E-state index contributed by atoms with van der Waals surface area (Å²) in [5.74, 6) is 1.000. The number of nitrogens with two attached hydrogens (primary N) is 1. The molecule has 4 nitrogen and oxygen atoms in total. The van der Waals surface area contributed by atoms with E-state index in [9.17, 15) is 13.2 Å². The standard InChI is InChI=1S/C12H15F3N2O2/c1-7(6-12(13,14)15)17-9-5-11-10(4-8(9)16)18-2-3-19-11/h4-5,7,17H,2-3,6,16H2,1H3. The minimum Gasteiger partial charge on any atom is -0.486 e. The van der Waals surface area contributed by atoms with Crippen LogP contribution in [0.5, 0.6) is 11.5 Å². The molecule has 1 aliphatic heterocycles. The minimum absolute atomic E-state index is 0.332. The van der Waals surface area contributed by atoms with Crippen molar-refractivity contribution in [1.29, 1.82) is 0 Å². The molecule has 1 heterocycles. The highest BCUT2D eigenvalue weighted by Crippen LogP contribution is 2.37. The van der Waals surface area contributed by atoms with Crippen LogP contribution in [0.15, 0.2) is 12.1 Å². The summed E-state index contributed by atoms with van der Waals surface area (Å²) >= 11 is 0. The lowest BCUT2D eigenvalue weighted by Crippen LogP contribution is -2.24. The van der Waals surface area contributed by atoms with Gasteiger partial charge in [-0.2, -0.15) is 13.2 Å². The average Bonchev–Trinajstić information content (AvgIpc) is 2.27. The number of nitrogens with one attached hydrogen (secondary N) is 1. The van der Waals surface area contributed by atoms with Crippen LogP contribution in [0.25, 0.3) is 0 Å². The third-order valence-electron chi connectivity index (χ3n) is 2.65. The second kappa shape index (κ2) is 5.07. The van der Waals surface area contributed by atoms with E-state index in [1.54, 1.807) is 12.1 Å². The van der Waals surface area contributed by atoms with Gasteiger partial charge in [0.25, 0.3) is 0 Å². The second-order valence-corrected chi connectivity index (χ2v) is 4.45. The predicted molar refractivity (Wildman–Crippen MR) is 65.6 cm³/mol. The van der Waals surface area contributed by atoms with Crippen molar-refractivity contribution in [2.24, 2.45) is 0 Å². The van der Waals surface area contributed by atoms with E-state index in [0.717, 1.165) is 0 Å². The van der Waals surface area contributed by atoms with Crippen molar-refractivity contribution in [3.05, 3.63) is 12.1 Å². The number of ether oxygens (including phenoxy) is 2. The summed E-state index contributed by atoms with van der Waals surface area (Å²) in [6, 6.07) is 2.35. The molecule has 1 aromatic carbocycles. The molecule has 0 saturated heterocycles. The highest BCUT2D eigenvalue weighted by molar-refractivity contribution is 5.72. The zero-order valence-electron chi connectivity index (χ0n) is 10.4. The third kappa shape index (κ3) is 3.59. The Bertz CT molecular complexity index is 463. The second-order valence-electron chi connectivity index (χ2n) is 4.45. The fourth-order valence-electron chi connectivity index (χ4n) is 1.89. The fraction of sp³-hybridized carbons (Fsp3) is 0.500. The summed E-state index contributed by atoms with van der Waals surface area (Å²) < 4.78 is 47.5. The lowest BCUT2D eigenvalue weighted by Gasteiger charge is -2.22. The Kier molecular flexibility index (Phi) is 3.64. The molecule has 0 spiro atoms. The molecule has 0 aromatic heterocycles. The van der Waals surface area contributed by atoms with Crippen molar-refractivity contribution in [1.82, 2.24) is 0 Å². The Balaban J connectivity index is 2.12. The Hall–Kier alpha value is -1.79. The van der Waals surface area contributed by atoms with Crippen molar-refractivity contribution < 1.29 is 22.6 Å². The monoisotopic (exact) mass is 276 g/mol. The van der Waals surface area contributed by atoms with E-state index in [2.05, 4.69) is 5.32 Å². The molecular formula is C12H15F3N2O2. The minimum atomic E-state index is -4.21. The summed E-state index contributed by atoms with van der Waals surface area (Å²) in [6.45, 7) is 2.29. The van der Waals surface area contributed by atoms with E-state index in [4.69, 9.17) is 15.2 Å². The number of anilines is 2. The van der Waals surface area contributed by atoms with E-state index in [0.29, 0.717) is 36.1 Å². The Labute approximate surface area is 108 Å². The molecule has 0 aliphatic carbocycles. The number of hydrogen-bond donors (Lipinski definition) is 2. The first-order valence-electron chi connectivity index (χ1n) is 5.87. The molecule has 1 aliphatic rings. The largest absolute Gasteiger partial charge is 0.486 e. The van der Waals surface area contributed by atoms with Gasteiger partial charge in [-0.05, 0) is 6.92 Å². The van der Waals surface area contributed by atoms with Crippen LogP contribution < -0.4 is 20.5 Å². The molecule has 0 fully saturated rings. The van der Waals surface area contributed by atoms with Crippen LogP contribution in [0.1, 0.15) is 13.3 Å². The number of alkyl halides is 3. The van der Waals surface area contributed by atoms with Crippen molar-refractivity contribution >= 4 is 11.4 Å². The van der Waals surface area contributed by atoms with Crippen LogP contribution in [0.2, 0.25) is 0 Å². The average molecular weight is 276 g/mol. The molecule has 106 valence electrons. The normalized spacial score (nSPS) is 16.0. The Morgan fingerprint density at radius 3 is 2.42 bits per heavy atom. The summed E-state index contributed by atoms with van der Waals surface area (Å²) in [5, 5.41) is 2.74. The van der Waals surface area contributed by atoms with Gasteiger partial charge in [0.1, 0.15) is 13.2 Å². The van der Waals surface area contributed by atoms with Crippen molar-refractivity contribution in [3.63, 3.8) is 0 Å². The molecule has 0 amide bonds. The maximum Gasteiger partial charge on any atom is 0.391 e. The molecule has 0 saturated carbocycles. The lowest BCUT2D eigenvalue weighted by molar-refractivity contribution is -0.136. The van der Waals surface area contributed by atoms with Crippen LogP contribution >= 0.6 is 0 Å². The van der Waals surface area contributed by atoms with Crippen LogP contribution in [0.4, 0.5) is 24.5 Å². The molecule has 1 atom stereocenters. The number of fused-ring (bicyclic) bond motifs is 1. The molecule has 1 aromatic rings. The van der Waals surface area contributed by atoms with E-state index in [-0.39, 0.29) is 0 Å². The van der Waals surface area contributed by atoms with Gasteiger partial charge in [0.15, 0.2) is 11.5 Å². The first-order chi connectivity index (χ1) is 8.85. The predicted octanol–water partition coefficient (Wildman–Crippen LogP) is 2.79. The van der Waals surface area contributed by atoms with Gasteiger partial charge in [0, 0.05) is 18.2 Å². The van der Waals surface area contributed by atoms with Crippen molar-refractivity contribution in [2.45, 2.75) is 25.6 Å². The number of rotatable bonds is 3. The van der Waals surface area contributed by atoms with Crippen LogP contribution in [0, 0.1) is 0 Å². The van der Waals surface area contributed by atoms with E-state index in [1.807, 2.05) is 0 Å². The van der Waals surface area contributed by atoms with Gasteiger partial charge in [-0.25, -0.2) is 0 Å². The molecule has 7 heteroatoms. The van der Waals surface area contributed by atoms with Crippen molar-refractivity contribution in [3.8, 4) is 11.5 Å². The fourth-order valence-corrected chi connectivity index (χ4v) is 1.89. The molecule has 19 heavy (non-hydrogen) atoms. The Morgan fingerprint density at radius 2 is 1.84 bits per heavy atom. The third-order valence-corrected chi connectivity index (χ3v) is 2.65. The first kappa shape index (κ1) is 13.6. The summed E-state index contributed by atoms with van der Waals surface area (Å²) in [7, 11) is 0. The number of hydrogen-bond acceptors (Lipinski definition) is 4. The quantitative estimate of drug-likeness (QED) is 0.833. The molecule has 0 bridgehead atoms. The van der Waals surface area contributed by atoms with Crippen LogP contribution in [-0.4, -0.2) is 25.4 Å². The number of benzene rings is 1. The van der Waals surface area contributed by atoms with E-state index in [1.165, 1.54) is 6.92 Å². The van der Waals surface area contributed by atoms with E-state index >= 15 is 0 Å². The maximum absolute atomic E-state index is 12.3. The Morgan fingerprint density at radius 1 is 1.26 bits per heavy atom. The highest BCUT2D eigenvalue weighted by atomic mass is 19.4. The highest BCUT2D eigenvalue weighted by Gasteiger charge is 2.30. The smallest absolute Gasteiger partial charge is 0.391 e. The van der Waals surface area contributed by atoms with Gasteiger partial charge in [-0.1, -0.05) is 0 Å². The van der Waals surface area contributed by atoms with Gasteiger partial charge < -0.3 is 20.5 Å². The topological polar surface area (TPSA) is 56.5 Å². The molecule has 1 unspecified atom stereocenters. The zero-order chi connectivity index (χ0) is 14.0. The summed E-state index contributed by atoms with van der Waals surface area (Å²) in [5.41, 5.74) is 6.53. The molecular weight excluding hydrogens is 261 g/mol. The van der Waals surface area contributed by atoms with Crippen molar-refractivity contribution in [2.75, 3.05) is 24.3 Å². The number of nitrogen functional groups attached to an aromatic ring is 1. The first-order valence-corrected chi connectivity index (χ1v) is 5.87. The SMILES string of the molecule is CC(CC(F)(F)F)Nc1cc2c(cc1N)OCCO2. The van der Waals surface area contributed by atoms with E-state index < -0.39 is 18.6 Å². The van der Waals surface area contributed by atoms with Crippen LogP contribution in [-0.2, 0) is 0 Å².